The highest BCUT2D eigenvalue weighted by Gasteiger charge is 2.38. The zero-order valence-corrected chi connectivity index (χ0v) is 14.9. The second-order valence-electron chi connectivity index (χ2n) is 7.19. The number of aryl methyl sites for hydroxylation is 1. The Labute approximate surface area is 139 Å². The van der Waals surface area contributed by atoms with Crippen LogP contribution in [0.4, 0.5) is 10.5 Å². The van der Waals surface area contributed by atoms with Gasteiger partial charge in [0, 0.05) is 32.9 Å². The molecular formula is C18H29N3O2. The van der Waals surface area contributed by atoms with Crippen LogP contribution in [0.25, 0.3) is 0 Å². The second-order valence-corrected chi connectivity index (χ2v) is 7.19. The molecule has 1 atom stereocenters. The van der Waals surface area contributed by atoms with Crippen LogP contribution in [0.3, 0.4) is 0 Å². The van der Waals surface area contributed by atoms with E-state index >= 15 is 0 Å². The van der Waals surface area contributed by atoms with Gasteiger partial charge in [-0.05, 0) is 50.8 Å². The molecule has 1 unspecified atom stereocenters. The number of urea groups is 1. The maximum Gasteiger partial charge on any atom is 0.318 e. The number of amides is 2. The molecule has 5 nitrogen and oxygen atoms in total. The van der Waals surface area contributed by atoms with E-state index in [0.717, 1.165) is 24.1 Å². The summed E-state index contributed by atoms with van der Waals surface area (Å²) in [7, 11) is 4.01. The van der Waals surface area contributed by atoms with Crippen LogP contribution in [0, 0.1) is 6.92 Å². The summed E-state index contributed by atoms with van der Waals surface area (Å²) in [6.45, 7) is 6.80. The first kappa shape index (κ1) is 17.6. The van der Waals surface area contributed by atoms with Gasteiger partial charge in [0.2, 0.25) is 0 Å². The summed E-state index contributed by atoms with van der Waals surface area (Å²) in [5.74, 6) is 0. The number of hydrogen-bond donors (Lipinski definition) is 2. The molecule has 2 N–H and O–H groups in total. The summed E-state index contributed by atoms with van der Waals surface area (Å²) in [5, 5.41) is 13.2. The predicted molar refractivity (Wildman–Crippen MR) is 93.8 cm³/mol. The van der Waals surface area contributed by atoms with Gasteiger partial charge in [-0.2, -0.15) is 0 Å². The minimum atomic E-state index is -0.869. The fourth-order valence-corrected chi connectivity index (χ4v) is 3.26. The average Bonchev–Trinajstić information content (AvgIpc) is 2.95. The fourth-order valence-electron chi connectivity index (χ4n) is 3.26. The van der Waals surface area contributed by atoms with Crippen molar-refractivity contribution in [2.75, 3.05) is 25.5 Å². The van der Waals surface area contributed by atoms with E-state index in [4.69, 9.17) is 0 Å². The lowest BCUT2D eigenvalue weighted by molar-refractivity contribution is 0.00979. The van der Waals surface area contributed by atoms with Crippen LogP contribution in [0.5, 0.6) is 0 Å². The number of hydrogen-bond acceptors (Lipinski definition) is 3. The molecule has 1 fully saturated rings. The Morgan fingerprint density at radius 2 is 2.13 bits per heavy atom. The zero-order valence-electron chi connectivity index (χ0n) is 14.9. The third kappa shape index (κ3) is 4.16. The molecule has 5 heteroatoms. The van der Waals surface area contributed by atoms with E-state index in [1.807, 2.05) is 14.1 Å². The average molecular weight is 319 g/mol. The van der Waals surface area contributed by atoms with Crippen LogP contribution in [0.1, 0.15) is 37.8 Å². The molecule has 23 heavy (non-hydrogen) atoms. The summed E-state index contributed by atoms with van der Waals surface area (Å²) in [6.07, 6.45) is 1.79. The molecule has 2 amide bonds. The first-order valence-electron chi connectivity index (χ1n) is 8.24. The van der Waals surface area contributed by atoms with E-state index in [0.29, 0.717) is 13.1 Å². The largest absolute Gasteiger partial charge is 0.388 e. The van der Waals surface area contributed by atoms with E-state index in [1.54, 1.807) is 18.7 Å². The van der Waals surface area contributed by atoms with Gasteiger partial charge in [-0.15, -0.1) is 0 Å². The number of likely N-dealkylation sites (tertiary alicyclic amines) is 1. The molecule has 128 valence electrons. The molecule has 1 heterocycles. The predicted octanol–water partition coefficient (Wildman–Crippen LogP) is 2.51. The van der Waals surface area contributed by atoms with Crippen LogP contribution >= 0.6 is 0 Å². The monoisotopic (exact) mass is 319 g/mol. The summed E-state index contributed by atoms with van der Waals surface area (Å²) in [6, 6.07) is 6.03. The number of anilines is 1. The highest BCUT2D eigenvalue weighted by atomic mass is 16.3. The Balaban J connectivity index is 2.05. The van der Waals surface area contributed by atoms with Gasteiger partial charge >= 0.3 is 6.03 Å². The summed E-state index contributed by atoms with van der Waals surface area (Å²) in [4.78, 5) is 16.3. The van der Waals surface area contributed by atoms with Crippen molar-refractivity contribution in [2.45, 2.75) is 51.8 Å². The normalized spacial score (nSPS) is 18.2. The van der Waals surface area contributed by atoms with Gasteiger partial charge < -0.3 is 20.2 Å². The quantitative estimate of drug-likeness (QED) is 0.896. The minimum Gasteiger partial charge on any atom is -0.388 e. The molecule has 1 aromatic rings. The van der Waals surface area contributed by atoms with Crippen molar-refractivity contribution in [3.8, 4) is 0 Å². The van der Waals surface area contributed by atoms with Crippen LogP contribution in [-0.4, -0.2) is 48.3 Å². The lowest BCUT2D eigenvalue weighted by Crippen LogP contribution is -2.51. The molecule has 0 spiro atoms. The van der Waals surface area contributed by atoms with Crippen molar-refractivity contribution in [1.29, 1.82) is 0 Å². The Morgan fingerprint density at radius 3 is 2.74 bits per heavy atom. The van der Waals surface area contributed by atoms with Crippen molar-refractivity contribution in [2.24, 2.45) is 0 Å². The van der Waals surface area contributed by atoms with Gasteiger partial charge in [0.15, 0.2) is 0 Å². The first-order chi connectivity index (χ1) is 10.7. The molecule has 0 saturated carbocycles. The fraction of sp³-hybridized carbons (Fsp3) is 0.611. The van der Waals surface area contributed by atoms with E-state index < -0.39 is 5.60 Å². The topological polar surface area (TPSA) is 55.8 Å². The molecule has 0 bridgehead atoms. The highest BCUT2D eigenvalue weighted by Crippen LogP contribution is 2.27. The smallest absolute Gasteiger partial charge is 0.318 e. The SMILES string of the molecule is Cc1ccc(CNC(=O)N2CCCC2C(C)(C)O)c(N(C)C)c1. The van der Waals surface area contributed by atoms with Crippen LogP contribution in [-0.2, 0) is 6.54 Å². The summed E-state index contributed by atoms with van der Waals surface area (Å²) in [5.41, 5.74) is 2.54. The van der Waals surface area contributed by atoms with Gasteiger partial charge in [0.05, 0.1) is 11.6 Å². The van der Waals surface area contributed by atoms with E-state index in [2.05, 4.69) is 35.3 Å². The van der Waals surface area contributed by atoms with E-state index in [1.165, 1.54) is 5.56 Å². The Bertz CT molecular complexity index is 564. The van der Waals surface area contributed by atoms with Gasteiger partial charge in [-0.1, -0.05) is 12.1 Å². The first-order valence-corrected chi connectivity index (χ1v) is 8.24. The molecule has 1 aliphatic heterocycles. The zero-order chi connectivity index (χ0) is 17.2. The molecule has 2 rings (SSSR count). The van der Waals surface area contributed by atoms with E-state index in [9.17, 15) is 9.90 Å². The maximum atomic E-state index is 12.5. The third-order valence-electron chi connectivity index (χ3n) is 4.48. The summed E-state index contributed by atoms with van der Waals surface area (Å²) >= 11 is 0. The minimum absolute atomic E-state index is 0.0973. The Kier molecular flexibility index (Phi) is 5.19. The lowest BCUT2D eigenvalue weighted by Gasteiger charge is -2.33. The van der Waals surface area contributed by atoms with E-state index in [-0.39, 0.29) is 12.1 Å². The second kappa shape index (κ2) is 6.79. The number of carbonyl (C=O) groups is 1. The highest BCUT2D eigenvalue weighted by molar-refractivity contribution is 5.75. The molecule has 1 aliphatic rings. The maximum absolute atomic E-state index is 12.5. The van der Waals surface area contributed by atoms with Crippen molar-refractivity contribution < 1.29 is 9.90 Å². The molecule has 1 saturated heterocycles. The lowest BCUT2D eigenvalue weighted by atomic mass is 9.97. The Morgan fingerprint density at radius 1 is 1.43 bits per heavy atom. The summed E-state index contributed by atoms with van der Waals surface area (Å²) < 4.78 is 0. The van der Waals surface area contributed by atoms with Gasteiger partial charge in [-0.25, -0.2) is 4.79 Å². The third-order valence-corrected chi connectivity index (χ3v) is 4.48. The van der Waals surface area contributed by atoms with Gasteiger partial charge in [-0.3, -0.25) is 0 Å². The van der Waals surface area contributed by atoms with Gasteiger partial charge in [0.25, 0.3) is 0 Å². The molecular weight excluding hydrogens is 290 g/mol. The number of nitrogens with zero attached hydrogens (tertiary/aromatic N) is 2. The van der Waals surface area contributed by atoms with Crippen molar-refractivity contribution in [3.05, 3.63) is 29.3 Å². The number of nitrogens with one attached hydrogen (secondary N) is 1. The number of rotatable bonds is 4. The van der Waals surface area contributed by atoms with Crippen molar-refractivity contribution >= 4 is 11.7 Å². The van der Waals surface area contributed by atoms with Gasteiger partial charge in [0.1, 0.15) is 0 Å². The van der Waals surface area contributed by atoms with Crippen molar-refractivity contribution in [3.63, 3.8) is 0 Å². The standard InChI is InChI=1S/C18H29N3O2/c1-13-8-9-14(15(11-13)20(4)5)12-19-17(22)21-10-6-7-16(21)18(2,3)23/h8-9,11,16,23H,6-7,10,12H2,1-5H3,(H,19,22). The molecule has 0 radical (unpaired) electrons. The number of carbonyl (C=O) groups excluding carboxylic acids is 1. The van der Waals surface area contributed by atoms with Crippen LogP contribution < -0.4 is 10.2 Å². The van der Waals surface area contributed by atoms with Crippen LogP contribution in [0.2, 0.25) is 0 Å². The molecule has 0 aliphatic carbocycles. The molecule has 0 aromatic heterocycles. The Hall–Kier alpha value is -1.75. The molecule has 1 aromatic carbocycles. The van der Waals surface area contributed by atoms with Crippen molar-refractivity contribution in [1.82, 2.24) is 10.2 Å². The number of benzene rings is 1. The number of aliphatic hydroxyl groups is 1. The van der Waals surface area contributed by atoms with Crippen LogP contribution in [0.15, 0.2) is 18.2 Å².